The summed E-state index contributed by atoms with van der Waals surface area (Å²) in [4.78, 5) is 10.7. The lowest BCUT2D eigenvalue weighted by atomic mass is 10.3. The van der Waals surface area contributed by atoms with Crippen molar-refractivity contribution < 1.29 is 9.13 Å². The molecular formula is C17H24FIN4OS. The number of nitrogens with zero attached hydrogens (tertiary/aromatic N) is 3. The molecule has 0 saturated carbocycles. The normalized spacial score (nSPS) is 12.3. The van der Waals surface area contributed by atoms with Crippen molar-refractivity contribution in [3.8, 4) is 5.75 Å². The van der Waals surface area contributed by atoms with Crippen LogP contribution in [0.5, 0.6) is 5.75 Å². The summed E-state index contributed by atoms with van der Waals surface area (Å²) in [5.74, 6) is 0.975. The first kappa shape index (κ1) is 21.6. The maximum Gasteiger partial charge on any atom is 0.193 e. The quantitative estimate of drug-likeness (QED) is 0.391. The fraction of sp³-hybridized carbons (Fsp3) is 0.412. The van der Waals surface area contributed by atoms with Crippen molar-refractivity contribution >= 4 is 41.3 Å². The molecule has 138 valence electrons. The molecule has 1 atom stereocenters. The molecular weight excluding hydrogens is 454 g/mol. The number of guanidine groups is 1. The molecule has 0 fully saturated rings. The van der Waals surface area contributed by atoms with Crippen molar-refractivity contribution in [2.45, 2.75) is 26.5 Å². The van der Waals surface area contributed by atoms with Crippen LogP contribution in [0.25, 0.3) is 0 Å². The molecule has 1 heterocycles. The van der Waals surface area contributed by atoms with Crippen molar-refractivity contribution in [2.75, 3.05) is 20.6 Å². The summed E-state index contributed by atoms with van der Waals surface area (Å²) in [5, 5.41) is 6.37. The SMILES string of the molecule is CN=C(NCC(C)Oc1cccc(F)c1)N(C)Cc1csc(C)n1.I. The van der Waals surface area contributed by atoms with Gasteiger partial charge in [0.05, 0.1) is 23.8 Å². The zero-order valence-corrected chi connectivity index (χ0v) is 18.0. The molecule has 1 aromatic heterocycles. The summed E-state index contributed by atoms with van der Waals surface area (Å²) in [7, 11) is 3.70. The predicted molar refractivity (Wildman–Crippen MR) is 112 cm³/mol. The standard InChI is InChI=1S/C17H23FN4OS.HI/c1-12(23-16-7-5-6-14(18)8-16)9-20-17(19-3)22(4)10-15-11-24-13(2)21-15;/h5-8,11-12H,9-10H2,1-4H3,(H,19,20);1H. The largest absolute Gasteiger partial charge is 0.489 e. The lowest BCUT2D eigenvalue weighted by molar-refractivity contribution is 0.221. The van der Waals surface area contributed by atoms with Gasteiger partial charge in [-0.1, -0.05) is 6.07 Å². The minimum absolute atomic E-state index is 0. The van der Waals surface area contributed by atoms with Gasteiger partial charge in [-0.25, -0.2) is 9.37 Å². The highest BCUT2D eigenvalue weighted by Gasteiger charge is 2.11. The Balaban J connectivity index is 0.00000312. The van der Waals surface area contributed by atoms with Gasteiger partial charge in [0, 0.05) is 25.5 Å². The molecule has 0 amide bonds. The molecule has 0 spiro atoms. The van der Waals surface area contributed by atoms with Crippen LogP contribution in [0.1, 0.15) is 17.6 Å². The van der Waals surface area contributed by atoms with Crippen LogP contribution < -0.4 is 10.1 Å². The van der Waals surface area contributed by atoms with E-state index in [4.69, 9.17) is 4.74 Å². The Kier molecular flexibility index (Phi) is 9.12. The van der Waals surface area contributed by atoms with E-state index in [0.717, 1.165) is 16.7 Å². The first-order valence-corrected chi connectivity index (χ1v) is 8.61. The second-order valence-corrected chi connectivity index (χ2v) is 6.59. The third-order valence-electron chi connectivity index (χ3n) is 3.32. The van der Waals surface area contributed by atoms with E-state index < -0.39 is 0 Å². The van der Waals surface area contributed by atoms with Gasteiger partial charge in [0.15, 0.2) is 5.96 Å². The van der Waals surface area contributed by atoms with E-state index >= 15 is 0 Å². The van der Waals surface area contributed by atoms with Crippen molar-refractivity contribution in [1.82, 2.24) is 15.2 Å². The van der Waals surface area contributed by atoms with Gasteiger partial charge in [-0.3, -0.25) is 4.99 Å². The number of rotatable bonds is 6. The predicted octanol–water partition coefficient (Wildman–Crippen LogP) is 3.68. The Morgan fingerprint density at radius 1 is 1.48 bits per heavy atom. The van der Waals surface area contributed by atoms with Crippen LogP contribution in [-0.4, -0.2) is 42.6 Å². The Morgan fingerprint density at radius 2 is 2.24 bits per heavy atom. The summed E-state index contributed by atoms with van der Waals surface area (Å²) in [6.45, 7) is 5.16. The molecule has 2 rings (SSSR count). The molecule has 8 heteroatoms. The minimum atomic E-state index is -0.304. The first-order valence-electron chi connectivity index (χ1n) is 7.73. The number of hydrogen-bond donors (Lipinski definition) is 1. The molecule has 1 N–H and O–H groups in total. The Labute approximate surface area is 169 Å². The number of aromatic nitrogens is 1. The fourth-order valence-corrected chi connectivity index (χ4v) is 2.84. The summed E-state index contributed by atoms with van der Waals surface area (Å²) >= 11 is 1.64. The van der Waals surface area contributed by atoms with Gasteiger partial charge in [-0.2, -0.15) is 0 Å². The first-order chi connectivity index (χ1) is 11.5. The van der Waals surface area contributed by atoms with E-state index in [1.165, 1.54) is 12.1 Å². The number of thiazole rings is 1. The highest BCUT2D eigenvalue weighted by Crippen LogP contribution is 2.13. The topological polar surface area (TPSA) is 49.8 Å². The van der Waals surface area contributed by atoms with Crippen LogP contribution in [0.4, 0.5) is 4.39 Å². The average Bonchev–Trinajstić information content (AvgIpc) is 2.93. The number of benzene rings is 1. The van der Waals surface area contributed by atoms with Gasteiger partial charge in [-0.15, -0.1) is 35.3 Å². The maximum absolute atomic E-state index is 13.2. The number of hydrogen-bond acceptors (Lipinski definition) is 4. The number of ether oxygens (including phenoxy) is 1. The highest BCUT2D eigenvalue weighted by atomic mass is 127. The van der Waals surface area contributed by atoms with E-state index in [1.807, 2.05) is 25.8 Å². The Hall–Kier alpha value is -1.42. The molecule has 1 aromatic carbocycles. The van der Waals surface area contributed by atoms with Gasteiger partial charge in [0.1, 0.15) is 17.7 Å². The van der Waals surface area contributed by atoms with Gasteiger partial charge >= 0.3 is 0 Å². The van der Waals surface area contributed by atoms with Gasteiger partial charge in [0.2, 0.25) is 0 Å². The van der Waals surface area contributed by atoms with E-state index in [0.29, 0.717) is 18.8 Å². The monoisotopic (exact) mass is 478 g/mol. The minimum Gasteiger partial charge on any atom is -0.489 e. The molecule has 2 aromatic rings. The van der Waals surface area contributed by atoms with E-state index in [2.05, 4.69) is 20.7 Å². The van der Waals surface area contributed by atoms with E-state index in [9.17, 15) is 4.39 Å². The second kappa shape index (κ2) is 10.5. The molecule has 0 saturated heterocycles. The smallest absolute Gasteiger partial charge is 0.193 e. The fourth-order valence-electron chi connectivity index (χ4n) is 2.23. The number of aliphatic imine (C=N–C) groups is 1. The lowest BCUT2D eigenvalue weighted by Crippen LogP contribution is -2.42. The molecule has 0 bridgehead atoms. The lowest BCUT2D eigenvalue weighted by Gasteiger charge is -2.23. The van der Waals surface area contributed by atoms with Crippen LogP contribution >= 0.6 is 35.3 Å². The third-order valence-corrected chi connectivity index (χ3v) is 4.14. The van der Waals surface area contributed by atoms with E-state index in [1.54, 1.807) is 30.5 Å². The molecule has 25 heavy (non-hydrogen) atoms. The second-order valence-electron chi connectivity index (χ2n) is 5.53. The molecule has 0 aliphatic heterocycles. The summed E-state index contributed by atoms with van der Waals surface area (Å²) in [6, 6.07) is 6.15. The Bertz CT molecular complexity index is 695. The van der Waals surface area contributed by atoms with Crippen molar-refractivity contribution in [1.29, 1.82) is 0 Å². The highest BCUT2D eigenvalue weighted by molar-refractivity contribution is 14.0. The average molecular weight is 478 g/mol. The molecule has 5 nitrogen and oxygen atoms in total. The van der Waals surface area contributed by atoms with Crippen molar-refractivity contribution in [3.05, 3.63) is 46.2 Å². The Morgan fingerprint density at radius 3 is 2.84 bits per heavy atom. The third kappa shape index (κ3) is 7.15. The van der Waals surface area contributed by atoms with Crippen LogP contribution in [0.15, 0.2) is 34.6 Å². The molecule has 0 aliphatic rings. The van der Waals surface area contributed by atoms with Crippen molar-refractivity contribution in [3.63, 3.8) is 0 Å². The van der Waals surface area contributed by atoms with Gasteiger partial charge in [-0.05, 0) is 26.0 Å². The zero-order valence-electron chi connectivity index (χ0n) is 14.8. The van der Waals surface area contributed by atoms with Crippen LogP contribution in [0, 0.1) is 12.7 Å². The van der Waals surface area contributed by atoms with E-state index in [-0.39, 0.29) is 35.9 Å². The molecule has 1 unspecified atom stereocenters. The van der Waals surface area contributed by atoms with Crippen LogP contribution in [0.2, 0.25) is 0 Å². The number of halogens is 2. The van der Waals surface area contributed by atoms with Crippen molar-refractivity contribution in [2.24, 2.45) is 4.99 Å². The summed E-state index contributed by atoms with van der Waals surface area (Å²) in [6.07, 6.45) is -0.126. The maximum atomic E-state index is 13.2. The number of nitrogens with one attached hydrogen (secondary N) is 1. The zero-order chi connectivity index (χ0) is 17.5. The molecule has 0 radical (unpaired) electrons. The number of aryl methyl sites for hydroxylation is 1. The van der Waals surface area contributed by atoms with Crippen LogP contribution in [0.3, 0.4) is 0 Å². The summed E-state index contributed by atoms with van der Waals surface area (Å²) < 4.78 is 18.9. The van der Waals surface area contributed by atoms with Crippen LogP contribution in [-0.2, 0) is 6.54 Å². The summed E-state index contributed by atoms with van der Waals surface area (Å²) in [5.41, 5.74) is 1.02. The van der Waals surface area contributed by atoms with Gasteiger partial charge < -0.3 is 15.0 Å². The molecule has 0 aliphatic carbocycles. The van der Waals surface area contributed by atoms with Gasteiger partial charge in [0.25, 0.3) is 0 Å².